The van der Waals surface area contributed by atoms with E-state index in [1.54, 1.807) is 0 Å². The number of pyridine rings is 1. The molecule has 2 aromatic rings. The number of nitrogens with zero attached hydrogens (tertiary/aromatic N) is 1. The fourth-order valence-electron chi connectivity index (χ4n) is 1.92. The van der Waals surface area contributed by atoms with Crippen LogP contribution in [0.25, 0.3) is 0 Å². The summed E-state index contributed by atoms with van der Waals surface area (Å²) in [5.41, 5.74) is 4.70. The lowest BCUT2D eigenvalue weighted by Gasteiger charge is -2.10. The van der Waals surface area contributed by atoms with Gasteiger partial charge in [-0.05, 0) is 62.7 Å². The molecule has 3 nitrogen and oxygen atoms in total. The minimum atomic E-state index is 0.670. The van der Waals surface area contributed by atoms with Gasteiger partial charge in [0.2, 0.25) is 5.88 Å². The Labute approximate surface area is 114 Å². The standard InChI is InChI=1S/C16H20N2O/c1-11-5-6-15(8-12(11)2)19-16-13(3)7-14(9-17-4)10-18-16/h5-8,10,17H,9H2,1-4H3. The number of aromatic nitrogens is 1. The molecule has 1 aromatic carbocycles. The summed E-state index contributed by atoms with van der Waals surface area (Å²) >= 11 is 0. The van der Waals surface area contributed by atoms with E-state index in [1.165, 1.54) is 11.1 Å². The monoisotopic (exact) mass is 256 g/mol. The van der Waals surface area contributed by atoms with Crippen molar-refractivity contribution in [3.05, 3.63) is 52.7 Å². The zero-order valence-electron chi connectivity index (χ0n) is 11.9. The molecule has 0 aliphatic carbocycles. The first-order chi connectivity index (χ1) is 9.10. The van der Waals surface area contributed by atoms with Crippen molar-refractivity contribution in [2.24, 2.45) is 0 Å². The van der Waals surface area contributed by atoms with E-state index in [1.807, 2.05) is 32.3 Å². The molecule has 0 fully saturated rings. The van der Waals surface area contributed by atoms with Crippen LogP contribution in [0.15, 0.2) is 30.5 Å². The van der Waals surface area contributed by atoms with Gasteiger partial charge in [-0.2, -0.15) is 0 Å². The first kappa shape index (κ1) is 13.6. The first-order valence-electron chi connectivity index (χ1n) is 6.45. The number of hydrogen-bond acceptors (Lipinski definition) is 3. The van der Waals surface area contributed by atoms with Crippen LogP contribution >= 0.6 is 0 Å². The van der Waals surface area contributed by atoms with Crippen molar-refractivity contribution in [1.82, 2.24) is 10.3 Å². The highest BCUT2D eigenvalue weighted by atomic mass is 16.5. The normalized spacial score (nSPS) is 10.5. The van der Waals surface area contributed by atoms with Crippen molar-refractivity contribution < 1.29 is 4.74 Å². The van der Waals surface area contributed by atoms with Gasteiger partial charge in [0, 0.05) is 18.3 Å². The lowest BCUT2D eigenvalue weighted by Crippen LogP contribution is -2.06. The summed E-state index contributed by atoms with van der Waals surface area (Å²) in [7, 11) is 1.93. The molecule has 19 heavy (non-hydrogen) atoms. The fraction of sp³-hybridized carbons (Fsp3) is 0.312. The van der Waals surface area contributed by atoms with Gasteiger partial charge in [0.05, 0.1) is 0 Å². The van der Waals surface area contributed by atoms with Crippen molar-refractivity contribution in [3.63, 3.8) is 0 Å². The van der Waals surface area contributed by atoms with Crippen molar-refractivity contribution in [2.45, 2.75) is 27.3 Å². The highest BCUT2D eigenvalue weighted by Gasteiger charge is 2.05. The molecule has 1 heterocycles. The van der Waals surface area contributed by atoms with Crippen LogP contribution in [0.2, 0.25) is 0 Å². The van der Waals surface area contributed by atoms with Crippen LogP contribution in [0, 0.1) is 20.8 Å². The largest absolute Gasteiger partial charge is 0.439 e. The summed E-state index contributed by atoms with van der Waals surface area (Å²) < 4.78 is 5.85. The van der Waals surface area contributed by atoms with E-state index in [0.29, 0.717) is 5.88 Å². The summed E-state index contributed by atoms with van der Waals surface area (Å²) in [5, 5.41) is 3.11. The molecule has 0 aliphatic rings. The maximum absolute atomic E-state index is 5.85. The second-order valence-corrected chi connectivity index (χ2v) is 4.84. The zero-order valence-corrected chi connectivity index (χ0v) is 11.9. The van der Waals surface area contributed by atoms with E-state index in [4.69, 9.17) is 4.74 Å². The number of rotatable bonds is 4. The van der Waals surface area contributed by atoms with Crippen molar-refractivity contribution in [2.75, 3.05) is 7.05 Å². The lowest BCUT2D eigenvalue weighted by atomic mass is 10.1. The molecule has 0 bridgehead atoms. The molecule has 3 heteroatoms. The Morgan fingerprint density at radius 3 is 2.47 bits per heavy atom. The Morgan fingerprint density at radius 1 is 1.05 bits per heavy atom. The SMILES string of the molecule is CNCc1cnc(Oc2ccc(C)c(C)c2)c(C)c1. The van der Waals surface area contributed by atoms with E-state index in [-0.39, 0.29) is 0 Å². The number of nitrogens with one attached hydrogen (secondary N) is 1. The summed E-state index contributed by atoms with van der Waals surface area (Å²) in [6.07, 6.45) is 1.85. The van der Waals surface area contributed by atoms with Crippen LogP contribution in [0.4, 0.5) is 0 Å². The van der Waals surface area contributed by atoms with Crippen LogP contribution in [0.3, 0.4) is 0 Å². The zero-order chi connectivity index (χ0) is 13.8. The maximum atomic E-state index is 5.85. The van der Waals surface area contributed by atoms with E-state index >= 15 is 0 Å². The number of benzene rings is 1. The minimum absolute atomic E-state index is 0.670. The molecule has 1 aromatic heterocycles. The fourth-order valence-corrected chi connectivity index (χ4v) is 1.92. The van der Waals surface area contributed by atoms with E-state index in [0.717, 1.165) is 23.4 Å². The topological polar surface area (TPSA) is 34.2 Å². The molecule has 0 unspecified atom stereocenters. The average molecular weight is 256 g/mol. The van der Waals surface area contributed by atoms with Gasteiger partial charge in [-0.25, -0.2) is 4.98 Å². The summed E-state index contributed by atoms with van der Waals surface area (Å²) in [4.78, 5) is 4.38. The summed E-state index contributed by atoms with van der Waals surface area (Å²) in [6.45, 7) is 7.01. The predicted octanol–water partition coefficient (Wildman–Crippen LogP) is 3.52. The summed E-state index contributed by atoms with van der Waals surface area (Å²) in [5.74, 6) is 1.50. The first-order valence-corrected chi connectivity index (χ1v) is 6.45. The van der Waals surface area contributed by atoms with Crippen molar-refractivity contribution in [1.29, 1.82) is 0 Å². The maximum Gasteiger partial charge on any atom is 0.222 e. The van der Waals surface area contributed by atoms with E-state index in [9.17, 15) is 0 Å². The van der Waals surface area contributed by atoms with Gasteiger partial charge < -0.3 is 10.1 Å². The molecule has 0 atom stereocenters. The van der Waals surface area contributed by atoms with Gasteiger partial charge in [0.1, 0.15) is 5.75 Å². The Kier molecular flexibility index (Phi) is 4.17. The highest BCUT2D eigenvalue weighted by molar-refractivity contribution is 5.38. The Morgan fingerprint density at radius 2 is 1.84 bits per heavy atom. The number of aryl methyl sites for hydroxylation is 3. The second-order valence-electron chi connectivity index (χ2n) is 4.84. The van der Waals surface area contributed by atoms with Crippen molar-refractivity contribution in [3.8, 4) is 11.6 Å². The van der Waals surface area contributed by atoms with Crippen LogP contribution in [0.5, 0.6) is 11.6 Å². The Hall–Kier alpha value is -1.87. The van der Waals surface area contributed by atoms with Gasteiger partial charge in [0.25, 0.3) is 0 Å². The third-order valence-corrected chi connectivity index (χ3v) is 3.16. The van der Waals surface area contributed by atoms with Gasteiger partial charge in [-0.1, -0.05) is 6.07 Å². The minimum Gasteiger partial charge on any atom is -0.439 e. The second kappa shape index (κ2) is 5.85. The lowest BCUT2D eigenvalue weighted by molar-refractivity contribution is 0.458. The van der Waals surface area contributed by atoms with Crippen LogP contribution in [-0.2, 0) is 6.54 Å². The van der Waals surface area contributed by atoms with Crippen LogP contribution < -0.4 is 10.1 Å². The third-order valence-electron chi connectivity index (χ3n) is 3.16. The van der Waals surface area contributed by atoms with Gasteiger partial charge in [-0.15, -0.1) is 0 Å². The third kappa shape index (κ3) is 3.32. The molecule has 100 valence electrons. The van der Waals surface area contributed by atoms with E-state index in [2.05, 4.69) is 36.3 Å². The molecule has 0 saturated carbocycles. The van der Waals surface area contributed by atoms with Gasteiger partial charge in [0.15, 0.2) is 0 Å². The Balaban J connectivity index is 2.20. The predicted molar refractivity (Wildman–Crippen MR) is 77.7 cm³/mol. The van der Waals surface area contributed by atoms with Gasteiger partial charge in [-0.3, -0.25) is 0 Å². The summed E-state index contributed by atoms with van der Waals surface area (Å²) in [6, 6.07) is 8.18. The molecular weight excluding hydrogens is 236 g/mol. The molecule has 0 aliphatic heterocycles. The molecule has 0 saturated heterocycles. The average Bonchev–Trinajstić information content (AvgIpc) is 2.37. The molecule has 1 N–H and O–H groups in total. The quantitative estimate of drug-likeness (QED) is 0.908. The molecule has 0 spiro atoms. The van der Waals surface area contributed by atoms with Gasteiger partial charge >= 0.3 is 0 Å². The molecule has 2 rings (SSSR count). The van der Waals surface area contributed by atoms with Crippen molar-refractivity contribution >= 4 is 0 Å². The van der Waals surface area contributed by atoms with E-state index < -0.39 is 0 Å². The number of hydrogen-bond donors (Lipinski definition) is 1. The molecule has 0 radical (unpaired) electrons. The van der Waals surface area contributed by atoms with Crippen LogP contribution in [0.1, 0.15) is 22.3 Å². The molecule has 0 amide bonds. The molecular formula is C16H20N2O. The smallest absolute Gasteiger partial charge is 0.222 e. The number of ether oxygens (including phenoxy) is 1. The van der Waals surface area contributed by atoms with Crippen LogP contribution in [-0.4, -0.2) is 12.0 Å². The highest BCUT2D eigenvalue weighted by Crippen LogP contribution is 2.25. The Bertz CT molecular complexity index is 579.